The lowest BCUT2D eigenvalue weighted by molar-refractivity contribution is -0.0598. The molecule has 0 saturated heterocycles. The Labute approximate surface area is 136 Å². The second-order valence-electron chi connectivity index (χ2n) is 6.67. The van der Waals surface area contributed by atoms with Crippen molar-refractivity contribution in [1.29, 1.82) is 0 Å². The topological polar surface area (TPSA) is 61.0 Å². The summed E-state index contributed by atoms with van der Waals surface area (Å²) in [5.41, 5.74) is 6.71. The Hall–Kier alpha value is -0.680. The van der Waals surface area contributed by atoms with Gasteiger partial charge in [-0.15, -0.1) is 0 Å². The van der Waals surface area contributed by atoms with Gasteiger partial charge < -0.3 is 10.5 Å². The molecule has 0 amide bonds. The molecule has 0 aliphatic heterocycles. The monoisotopic (exact) mass is 355 g/mol. The van der Waals surface area contributed by atoms with Gasteiger partial charge in [0, 0.05) is 7.11 Å². The average molecular weight is 356 g/mol. The molecule has 0 atom stereocenters. The van der Waals surface area contributed by atoms with Gasteiger partial charge in [0.05, 0.1) is 10.2 Å². The number of anilines is 1. The first-order valence-electron chi connectivity index (χ1n) is 7.75. The van der Waals surface area contributed by atoms with Crippen molar-refractivity contribution in [1.82, 2.24) is 9.97 Å². The lowest BCUT2D eigenvalue weighted by Gasteiger charge is -2.37. The average Bonchev–Trinajstić information content (AvgIpc) is 2.44. The number of nitrogen functional groups attached to an aromatic ring is 1. The maximum Gasteiger partial charge on any atom is 0.162 e. The van der Waals surface area contributed by atoms with Gasteiger partial charge in [-0.1, -0.05) is 20.8 Å². The van der Waals surface area contributed by atoms with Crippen molar-refractivity contribution in [2.75, 3.05) is 12.8 Å². The van der Waals surface area contributed by atoms with Crippen molar-refractivity contribution in [3.05, 3.63) is 16.0 Å². The molecule has 2 rings (SSSR count). The number of nitrogens with zero attached hydrogens (tertiary/aromatic N) is 2. The second-order valence-corrected chi connectivity index (χ2v) is 7.47. The lowest BCUT2D eigenvalue weighted by Crippen LogP contribution is -2.35. The Balaban J connectivity index is 2.40. The van der Waals surface area contributed by atoms with Gasteiger partial charge in [0.25, 0.3) is 0 Å². The molecule has 0 spiro atoms. The highest BCUT2D eigenvalue weighted by Gasteiger charge is 2.39. The lowest BCUT2D eigenvalue weighted by atomic mass is 9.79. The van der Waals surface area contributed by atoms with Gasteiger partial charge in [0.15, 0.2) is 5.82 Å². The molecule has 4 nitrogen and oxygen atoms in total. The van der Waals surface area contributed by atoms with Crippen molar-refractivity contribution < 1.29 is 4.74 Å². The fraction of sp³-hybridized carbons (Fsp3) is 0.750. The number of rotatable bonds is 4. The van der Waals surface area contributed by atoms with Crippen molar-refractivity contribution in [2.45, 2.75) is 58.5 Å². The summed E-state index contributed by atoms with van der Waals surface area (Å²) >= 11 is 3.53. The number of halogens is 1. The maximum atomic E-state index is 6.09. The van der Waals surface area contributed by atoms with E-state index in [0.29, 0.717) is 11.7 Å². The van der Waals surface area contributed by atoms with Gasteiger partial charge in [-0.05, 0) is 59.9 Å². The van der Waals surface area contributed by atoms with E-state index in [1.807, 2.05) is 0 Å². The molecule has 1 saturated carbocycles. The molecular formula is C16H26BrN3O. The number of hydrogen-bond donors (Lipinski definition) is 1. The minimum Gasteiger partial charge on any atom is -0.383 e. The third-order valence-electron chi connectivity index (χ3n) is 4.43. The molecule has 0 unspecified atom stereocenters. The summed E-state index contributed by atoms with van der Waals surface area (Å²) in [5.74, 6) is 2.54. The summed E-state index contributed by atoms with van der Waals surface area (Å²) in [6, 6.07) is 0. The van der Waals surface area contributed by atoms with E-state index < -0.39 is 0 Å². The normalized spacial score (nSPS) is 26.3. The van der Waals surface area contributed by atoms with Crippen LogP contribution in [0.2, 0.25) is 0 Å². The molecule has 1 aromatic heterocycles. The molecule has 5 heteroatoms. The Morgan fingerprint density at radius 1 is 1.33 bits per heavy atom. The van der Waals surface area contributed by atoms with Crippen LogP contribution in [0.5, 0.6) is 0 Å². The summed E-state index contributed by atoms with van der Waals surface area (Å²) in [5, 5.41) is 0. The minimum absolute atomic E-state index is 0.368. The van der Waals surface area contributed by atoms with Gasteiger partial charge in [0.1, 0.15) is 11.4 Å². The molecule has 1 aliphatic carbocycles. The van der Waals surface area contributed by atoms with Gasteiger partial charge in [-0.3, -0.25) is 0 Å². The van der Waals surface area contributed by atoms with Crippen LogP contribution in [-0.4, -0.2) is 17.1 Å². The van der Waals surface area contributed by atoms with E-state index in [4.69, 9.17) is 15.5 Å². The first-order valence-corrected chi connectivity index (χ1v) is 8.54. The molecule has 2 N–H and O–H groups in total. The zero-order chi connectivity index (χ0) is 15.6. The van der Waals surface area contributed by atoms with Crippen molar-refractivity contribution in [3.63, 3.8) is 0 Å². The van der Waals surface area contributed by atoms with Gasteiger partial charge in [-0.25, -0.2) is 9.97 Å². The summed E-state index contributed by atoms with van der Waals surface area (Å²) in [6.07, 6.45) is 5.11. The Morgan fingerprint density at radius 3 is 2.48 bits per heavy atom. The van der Waals surface area contributed by atoms with E-state index in [9.17, 15) is 0 Å². The molecule has 0 bridgehead atoms. The number of methoxy groups -OCH3 is 1. The number of aromatic nitrogens is 2. The molecule has 1 aliphatic rings. The van der Waals surface area contributed by atoms with E-state index in [2.05, 4.69) is 41.7 Å². The summed E-state index contributed by atoms with van der Waals surface area (Å²) < 4.78 is 6.70. The predicted octanol–water partition coefficient (Wildman–Crippen LogP) is 4.07. The smallest absolute Gasteiger partial charge is 0.162 e. The first kappa shape index (κ1) is 16.7. The van der Waals surface area contributed by atoms with Crippen LogP contribution in [0, 0.1) is 11.8 Å². The molecule has 0 aromatic carbocycles. The predicted molar refractivity (Wildman–Crippen MR) is 89.0 cm³/mol. The quantitative estimate of drug-likeness (QED) is 0.883. The van der Waals surface area contributed by atoms with Crippen LogP contribution >= 0.6 is 15.9 Å². The van der Waals surface area contributed by atoms with Crippen LogP contribution in [0.1, 0.15) is 58.0 Å². The molecule has 1 aromatic rings. The van der Waals surface area contributed by atoms with Crippen LogP contribution in [-0.2, 0) is 16.8 Å². The second kappa shape index (κ2) is 6.61. The van der Waals surface area contributed by atoms with Crippen LogP contribution in [0.25, 0.3) is 0 Å². The minimum atomic E-state index is -0.368. The first-order chi connectivity index (χ1) is 9.88. The molecular weight excluding hydrogens is 330 g/mol. The van der Waals surface area contributed by atoms with Crippen molar-refractivity contribution >= 4 is 21.7 Å². The van der Waals surface area contributed by atoms with Gasteiger partial charge in [0.2, 0.25) is 0 Å². The molecule has 1 fully saturated rings. The Bertz CT molecular complexity index is 497. The number of nitrogens with two attached hydrogens (primary N) is 1. The number of ether oxygens (including phenoxy) is 1. The van der Waals surface area contributed by atoms with E-state index in [1.165, 1.54) is 0 Å². The summed E-state index contributed by atoms with van der Waals surface area (Å²) in [6.45, 7) is 6.65. The van der Waals surface area contributed by atoms with Crippen LogP contribution in [0.15, 0.2) is 4.47 Å². The third kappa shape index (κ3) is 3.57. The largest absolute Gasteiger partial charge is 0.383 e. The summed E-state index contributed by atoms with van der Waals surface area (Å²) in [7, 11) is 1.76. The van der Waals surface area contributed by atoms with Gasteiger partial charge in [-0.2, -0.15) is 0 Å². The highest BCUT2D eigenvalue weighted by atomic mass is 79.9. The van der Waals surface area contributed by atoms with Crippen molar-refractivity contribution in [3.8, 4) is 0 Å². The standard InChI is InChI=1S/C16H26BrN3O/c1-10(2)9-12-13(17)14(18)20-15(19-12)16(21-4)7-5-11(3)6-8-16/h10-11H,5-9H2,1-4H3,(H2,18,19,20). The van der Waals surface area contributed by atoms with Crippen LogP contribution < -0.4 is 5.73 Å². The highest BCUT2D eigenvalue weighted by molar-refractivity contribution is 9.10. The zero-order valence-electron chi connectivity index (χ0n) is 13.4. The molecule has 118 valence electrons. The molecule has 21 heavy (non-hydrogen) atoms. The maximum absolute atomic E-state index is 6.09. The fourth-order valence-corrected chi connectivity index (χ4v) is 3.33. The Kier molecular flexibility index (Phi) is 5.25. The van der Waals surface area contributed by atoms with Gasteiger partial charge >= 0.3 is 0 Å². The third-order valence-corrected chi connectivity index (χ3v) is 5.29. The van der Waals surface area contributed by atoms with E-state index >= 15 is 0 Å². The van der Waals surface area contributed by atoms with E-state index in [0.717, 1.165) is 54.0 Å². The number of hydrogen-bond acceptors (Lipinski definition) is 4. The van der Waals surface area contributed by atoms with E-state index in [1.54, 1.807) is 7.11 Å². The Morgan fingerprint density at radius 2 is 1.95 bits per heavy atom. The van der Waals surface area contributed by atoms with E-state index in [-0.39, 0.29) is 5.60 Å². The van der Waals surface area contributed by atoms with Crippen LogP contribution in [0.3, 0.4) is 0 Å². The molecule has 0 radical (unpaired) electrons. The van der Waals surface area contributed by atoms with Crippen LogP contribution in [0.4, 0.5) is 5.82 Å². The molecule has 1 heterocycles. The van der Waals surface area contributed by atoms with Crippen molar-refractivity contribution in [2.24, 2.45) is 11.8 Å². The SMILES string of the molecule is COC1(c2nc(N)c(Br)c(CC(C)C)n2)CCC(C)CC1. The zero-order valence-corrected chi connectivity index (χ0v) is 15.0. The summed E-state index contributed by atoms with van der Waals surface area (Å²) in [4.78, 5) is 9.33. The highest BCUT2D eigenvalue weighted by Crippen LogP contribution is 2.41. The fourth-order valence-electron chi connectivity index (χ4n) is 2.99.